The zero-order valence-corrected chi connectivity index (χ0v) is 16.4. The second-order valence-corrected chi connectivity index (χ2v) is 7.68. The SMILES string of the molecule is O=C1[C@@H]2[C@@H](ON(c3ccccc3)[C@H]2c2ccc(O)cc2)C(=O)N1c1cccc(Cl)c1. The number of hydrogen-bond donors (Lipinski definition) is 1. The van der Waals surface area contributed by atoms with Crippen molar-refractivity contribution in [2.24, 2.45) is 5.92 Å². The minimum atomic E-state index is -0.949. The number of rotatable bonds is 3. The molecule has 3 atom stereocenters. The summed E-state index contributed by atoms with van der Waals surface area (Å²) in [6, 6.07) is 22.0. The molecule has 1 N–H and O–H groups in total. The molecule has 2 aliphatic rings. The van der Waals surface area contributed by atoms with Gasteiger partial charge in [0, 0.05) is 5.02 Å². The van der Waals surface area contributed by atoms with Crippen LogP contribution in [0.3, 0.4) is 0 Å². The van der Waals surface area contributed by atoms with Crippen LogP contribution in [0.5, 0.6) is 5.75 Å². The summed E-state index contributed by atoms with van der Waals surface area (Å²) in [5, 5.41) is 11.7. The summed E-state index contributed by atoms with van der Waals surface area (Å²) in [4.78, 5) is 33.8. The lowest BCUT2D eigenvalue weighted by molar-refractivity contribution is -0.126. The van der Waals surface area contributed by atoms with Gasteiger partial charge in [0.15, 0.2) is 6.10 Å². The maximum absolute atomic E-state index is 13.4. The fraction of sp³-hybridized carbons (Fsp3) is 0.130. The van der Waals surface area contributed by atoms with E-state index in [0.717, 1.165) is 16.2 Å². The van der Waals surface area contributed by atoms with Crippen LogP contribution in [0.15, 0.2) is 78.9 Å². The Hall–Kier alpha value is -3.35. The Kier molecular flexibility index (Phi) is 4.46. The molecule has 30 heavy (non-hydrogen) atoms. The number of aromatic hydroxyl groups is 1. The van der Waals surface area contributed by atoms with Crippen LogP contribution < -0.4 is 9.96 Å². The fourth-order valence-electron chi connectivity index (χ4n) is 4.09. The highest BCUT2D eigenvalue weighted by molar-refractivity contribution is 6.31. The molecule has 0 radical (unpaired) electrons. The predicted octanol–water partition coefficient (Wildman–Crippen LogP) is 4.10. The topological polar surface area (TPSA) is 70.1 Å². The molecule has 0 unspecified atom stereocenters. The molecule has 2 aliphatic heterocycles. The largest absolute Gasteiger partial charge is 0.508 e. The average Bonchev–Trinajstić information content (AvgIpc) is 3.26. The van der Waals surface area contributed by atoms with Gasteiger partial charge in [0.2, 0.25) is 5.91 Å². The number of hydrogen-bond acceptors (Lipinski definition) is 5. The van der Waals surface area contributed by atoms with Gasteiger partial charge < -0.3 is 5.11 Å². The van der Waals surface area contributed by atoms with E-state index in [0.29, 0.717) is 10.7 Å². The Morgan fingerprint density at radius 2 is 1.53 bits per heavy atom. The number of halogens is 1. The van der Waals surface area contributed by atoms with Gasteiger partial charge in [-0.1, -0.05) is 48.0 Å². The Bertz CT molecular complexity index is 1120. The van der Waals surface area contributed by atoms with Crippen LogP contribution in [0, 0.1) is 5.92 Å². The van der Waals surface area contributed by atoms with Gasteiger partial charge in [0.1, 0.15) is 11.7 Å². The maximum atomic E-state index is 13.4. The second-order valence-electron chi connectivity index (χ2n) is 7.24. The fourth-order valence-corrected chi connectivity index (χ4v) is 4.28. The highest BCUT2D eigenvalue weighted by Crippen LogP contribution is 2.47. The van der Waals surface area contributed by atoms with E-state index < -0.39 is 24.0 Å². The molecule has 0 bridgehead atoms. The minimum absolute atomic E-state index is 0.120. The van der Waals surface area contributed by atoms with Crippen LogP contribution in [-0.4, -0.2) is 23.0 Å². The number of hydroxylamine groups is 1. The smallest absolute Gasteiger partial charge is 0.266 e. The number of imide groups is 1. The molecular formula is C23H17ClN2O4. The van der Waals surface area contributed by atoms with Crippen LogP contribution in [0.4, 0.5) is 11.4 Å². The number of amides is 2. The van der Waals surface area contributed by atoms with Crippen molar-refractivity contribution >= 4 is 34.8 Å². The van der Waals surface area contributed by atoms with Crippen molar-refractivity contribution in [2.45, 2.75) is 12.1 Å². The average molecular weight is 421 g/mol. The summed E-state index contributed by atoms with van der Waals surface area (Å²) < 4.78 is 0. The number of anilines is 2. The first-order chi connectivity index (χ1) is 14.5. The zero-order chi connectivity index (χ0) is 20.8. The van der Waals surface area contributed by atoms with Gasteiger partial charge in [0.05, 0.1) is 17.4 Å². The quantitative estimate of drug-likeness (QED) is 0.646. The van der Waals surface area contributed by atoms with Crippen LogP contribution in [0.2, 0.25) is 5.02 Å². The molecule has 2 fully saturated rings. The molecule has 0 spiro atoms. The van der Waals surface area contributed by atoms with E-state index >= 15 is 0 Å². The number of nitrogens with zero attached hydrogens (tertiary/aromatic N) is 2. The van der Waals surface area contributed by atoms with Gasteiger partial charge in [-0.05, 0) is 48.0 Å². The highest BCUT2D eigenvalue weighted by atomic mass is 35.5. The minimum Gasteiger partial charge on any atom is -0.508 e. The van der Waals surface area contributed by atoms with Crippen molar-refractivity contribution in [2.75, 3.05) is 9.96 Å². The molecular weight excluding hydrogens is 404 g/mol. The number of para-hydroxylation sites is 1. The maximum Gasteiger partial charge on any atom is 0.266 e. The molecule has 0 saturated carbocycles. The van der Waals surface area contributed by atoms with Gasteiger partial charge in [-0.3, -0.25) is 14.4 Å². The molecule has 0 aromatic heterocycles. The van der Waals surface area contributed by atoms with Crippen LogP contribution in [0.25, 0.3) is 0 Å². The van der Waals surface area contributed by atoms with Crippen molar-refractivity contribution in [1.29, 1.82) is 0 Å². The second kappa shape index (κ2) is 7.16. The van der Waals surface area contributed by atoms with Crippen molar-refractivity contribution < 1.29 is 19.5 Å². The Morgan fingerprint density at radius 3 is 2.23 bits per heavy atom. The normalized spacial score (nSPS) is 23.2. The third-order valence-corrected chi connectivity index (χ3v) is 5.66. The lowest BCUT2D eigenvalue weighted by Crippen LogP contribution is -2.37. The van der Waals surface area contributed by atoms with E-state index in [1.54, 1.807) is 53.6 Å². The molecule has 2 saturated heterocycles. The van der Waals surface area contributed by atoms with Gasteiger partial charge in [-0.15, -0.1) is 0 Å². The molecule has 5 rings (SSSR count). The first-order valence-electron chi connectivity index (χ1n) is 9.48. The third kappa shape index (κ3) is 2.93. The van der Waals surface area contributed by atoms with Gasteiger partial charge in [0.25, 0.3) is 5.91 Å². The summed E-state index contributed by atoms with van der Waals surface area (Å²) >= 11 is 6.07. The lowest BCUT2D eigenvalue weighted by Gasteiger charge is -2.28. The Balaban J connectivity index is 1.59. The van der Waals surface area contributed by atoms with Crippen LogP contribution >= 0.6 is 11.6 Å². The predicted molar refractivity (Wildman–Crippen MR) is 112 cm³/mol. The standard InChI is InChI=1S/C23H17ClN2O4/c24-15-5-4-8-17(13-15)25-22(28)19-20(14-9-11-18(27)12-10-14)26(30-21(19)23(25)29)16-6-2-1-3-7-16/h1-13,19-21,27H/t19-,20-,21+/m0/s1. The molecule has 2 heterocycles. The van der Waals surface area contributed by atoms with Crippen molar-refractivity contribution in [3.05, 3.63) is 89.4 Å². The Labute approximate surface area is 177 Å². The van der Waals surface area contributed by atoms with Gasteiger partial charge >= 0.3 is 0 Å². The lowest BCUT2D eigenvalue weighted by atomic mass is 9.90. The third-order valence-electron chi connectivity index (χ3n) is 5.43. The summed E-state index contributed by atoms with van der Waals surface area (Å²) in [7, 11) is 0. The number of carbonyl (C=O) groups excluding carboxylic acids is 2. The molecule has 0 aliphatic carbocycles. The summed E-state index contributed by atoms with van der Waals surface area (Å²) in [6.45, 7) is 0. The number of carbonyl (C=O) groups is 2. The Morgan fingerprint density at radius 1 is 0.833 bits per heavy atom. The highest BCUT2D eigenvalue weighted by Gasteiger charge is 2.60. The summed E-state index contributed by atoms with van der Waals surface area (Å²) in [5.74, 6) is -1.38. The first-order valence-corrected chi connectivity index (χ1v) is 9.86. The van der Waals surface area contributed by atoms with E-state index in [-0.39, 0.29) is 11.7 Å². The molecule has 6 nitrogen and oxygen atoms in total. The van der Waals surface area contributed by atoms with Gasteiger partial charge in [-0.25, -0.2) is 9.96 Å². The first kappa shape index (κ1) is 18.7. The zero-order valence-electron chi connectivity index (χ0n) is 15.7. The molecule has 7 heteroatoms. The van der Waals surface area contributed by atoms with Crippen molar-refractivity contribution in [3.63, 3.8) is 0 Å². The number of phenols is 1. The monoisotopic (exact) mass is 420 g/mol. The summed E-state index contributed by atoms with van der Waals surface area (Å²) in [6.07, 6.45) is -0.949. The number of phenolic OH excluding ortho intramolecular Hbond substituents is 1. The van der Waals surface area contributed by atoms with E-state index in [1.807, 2.05) is 30.3 Å². The molecule has 150 valence electrons. The summed E-state index contributed by atoms with van der Waals surface area (Å²) in [5.41, 5.74) is 1.92. The van der Waals surface area contributed by atoms with E-state index in [2.05, 4.69) is 0 Å². The van der Waals surface area contributed by atoms with Crippen molar-refractivity contribution in [1.82, 2.24) is 0 Å². The van der Waals surface area contributed by atoms with Crippen LogP contribution in [-0.2, 0) is 14.4 Å². The molecule has 3 aromatic rings. The van der Waals surface area contributed by atoms with Gasteiger partial charge in [-0.2, -0.15) is 0 Å². The van der Waals surface area contributed by atoms with Crippen molar-refractivity contribution in [3.8, 4) is 5.75 Å². The van der Waals surface area contributed by atoms with E-state index in [4.69, 9.17) is 16.4 Å². The number of fused-ring (bicyclic) bond motifs is 1. The van der Waals surface area contributed by atoms with E-state index in [1.165, 1.54) is 0 Å². The molecule has 2 amide bonds. The number of benzene rings is 3. The van der Waals surface area contributed by atoms with Crippen LogP contribution in [0.1, 0.15) is 11.6 Å². The molecule has 3 aromatic carbocycles. The van der Waals surface area contributed by atoms with E-state index in [9.17, 15) is 14.7 Å².